The molecule has 0 radical (unpaired) electrons. The topological polar surface area (TPSA) is 170 Å². The number of anilines is 2. The van der Waals surface area contributed by atoms with E-state index in [0.29, 0.717) is 43.2 Å². The number of hydrogen-bond acceptors (Lipinski definition) is 9. The Kier molecular flexibility index (Phi) is 7.05. The number of hydrogen-bond donors (Lipinski definition) is 2. The van der Waals surface area contributed by atoms with Crippen LogP contribution in [0.5, 0.6) is 0 Å². The summed E-state index contributed by atoms with van der Waals surface area (Å²) in [5, 5.41) is 17.9. The molecule has 4 aliphatic rings. The second-order valence-corrected chi connectivity index (χ2v) is 11.9. The molecule has 5 heterocycles. The first-order chi connectivity index (χ1) is 22.9. The van der Waals surface area contributed by atoms with Gasteiger partial charge < -0.3 is 10.2 Å². The number of nitrogens with one attached hydrogen (secondary N) is 2. The van der Waals surface area contributed by atoms with Crippen LogP contribution in [-0.2, 0) is 26.1 Å². The first kappa shape index (κ1) is 30.6. The minimum absolute atomic E-state index is 0.0243. The van der Waals surface area contributed by atoms with Crippen LogP contribution in [0.2, 0.25) is 0 Å². The summed E-state index contributed by atoms with van der Waals surface area (Å²) in [7, 11) is 0. The van der Waals surface area contributed by atoms with Crippen LogP contribution in [-0.4, -0.2) is 68.3 Å². The van der Waals surface area contributed by atoms with Crippen LogP contribution >= 0.6 is 0 Å². The minimum Gasteiger partial charge on any atom is -0.369 e. The van der Waals surface area contributed by atoms with E-state index in [1.807, 2.05) is 4.90 Å². The van der Waals surface area contributed by atoms with Gasteiger partial charge in [0.05, 0.1) is 46.3 Å². The molecule has 0 bridgehead atoms. The normalized spacial score (nSPS) is 19.9. The van der Waals surface area contributed by atoms with Gasteiger partial charge in [-0.15, -0.1) is 0 Å². The zero-order valence-electron chi connectivity index (χ0n) is 24.8. The van der Waals surface area contributed by atoms with Crippen LogP contribution in [0, 0.1) is 29.1 Å². The fourth-order valence-electron chi connectivity index (χ4n) is 6.01. The Morgan fingerprint density at radius 2 is 1.81 bits per heavy atom. The molecule has 3 aliphatic heterocycles. The average molecular weight is 657 g/mol. The molecule has 48 heavy (non-hydrogen) atoms. The summed E-state index contributed by atoms with van der Waals surface area (Å²) >= 11 is 0. The predicted octanol–water partition coefficient (Wildman–Crippen LogP) is 2.19. The summed E-state index contributed by atoms with van der Waals surface area (Å²) in [4.78, 5) is 69.4. The Labute approximate surface area is 269 Å². The molecule has 7 rings (SSSR count). The largest absolute Gasteiger partial charge is 0.419 e. The van der Waals surface area contributed by atoms with Crippen molar-refractivity contribution in [3.8, 4) is 17.9 Å². The number of amides is 5. The number of pyridine rings is 1. The van der Waals surface area contributed by atoms with Gasteiger partial charge in [-0.1, -0.05) is 11.8 Å². The molecule has 2 aromatic heterocycles. The van der Waals surface area contributed by atoms with Gasteiger partial charge in [0.2, 0.25) is 11.8 Å². The number of piperidine rings is 1. The third-order valence-electron chi connectivity index (χ3n) is 8.81. The lowest BCUT2D eigenvalue weighted by Gasteiger charge is -2.38. The molecule has 242 valence electrons. The van der Waals surface area contributed by atoms with E-state index in [2.05, 4.69) is 32.6 Å². The number of imide groups is 2. The molecular formula is C32H23F3N8O5. The highest BCUT2D eigenvalue weighted by Crippen LogP contribution is 2.44. The summed E-state index contributed by atoms with van der Waals surface area (Å²) < 4.78 is 41.4. The highest BCUT2D eigenvalue weighted by atomic mass is 19.4. The lowest BCUT2D eigenvalue weighted by molar-refractivity contribution is -0.138. The van der Waals surface area contributed by atoms with E-state index >= 15 is 0 Å². The highest BCUT2D eigenvalue weighted by Gasteiger charge is 2.53. The van der Waals surface area contributed by atoms with Gasteiger partial charge in [0.1, 0.15) is 17.6 Å². The Morgan fingerprint density at radius 1 is 1.06 bits per heavy atom. The quantitative estimate of drug-likeness (QED) is 0.309. The number of nitrogens with zero attached hydrogens (tertiary/aromatic N) is 6. The van der Waals surface area contributed by atoms with Crippen LogP contribution in [0.3, 0.4) is 0 Å². The lowest BCUT2D eigenvalue weighted by atomic mass is 9.98. The van der Waals surface area contributed by atoms with Crippen LogP contribution < -0.4 is 15.5 Å². The number of rotatable bonds is 5. The smallest absolute Gasteiger partial charge is 0.369 e. The van der Waals surface area contributed by atoms with E-state index in [4.69, 9.17) is 5.26 Å². The number of benzene rings is 1. The fraction of sp³-hybridized carbons (Fsp3) is 0.312. The second-order valence-electron chi connectivity index (χ2n) is 11.9. The Balaban J connectivity index is 0.977. The molecule has 2 N–H and O–H groups in total. The molecular weight excluding hydrogens is 633 g/mol. The van der Waals surface area contributed by atoms with Crippen molar-refractivity contribution in [1.29, 1.82) is 5.26 Å². The third kappa shape index (κ3) is 5.21. The molecule has 0 spiro atoms. The number of carbonyl (C=O) groups is 5. The molecule has 1 unspecified atom stereocenters. The number of aromatic nitrogens is 3. The van der Waals surface area contributed by atoms with E-state index in [0.717, 1.165) is 11.1 Å². The second kappa shape index (κ2) is 11.0. The van der Waals surface area contributed by atoms with Gasteiger partial charge in [-0.05, 0) is 43.5 Å². The van der Waals surface area contributed by atoms with Gasteiger partial charge in [0.25, 0.3) is 17.7 Å². The van der Waals surface area contributed by atoms with Crippen LogP contribution in [0.4, 0.5) is 24.5 Å². The zero-order valence-corrected chi connectivity index (χ0v) is 24.8. The Bertz CT molecular complexity index is 2050. The van der Waals surface area contributed by atoms with Gasteiger partial charge in [-0.2, -0.15) is 23.5 Å². The summed E-state index contributed by atoms with van der Waals surface area (Å²) in [6.45, 7) is 1.09. The molecule has 2 saturated heterocycles. The molecule has 16 heteroatoms. The van der Waals surface area contributed by atoms with Gasteiger partial charge in [-0.25, -0.2) is 4.98 Å². The van der Waals surface area contributed by atoms with E-state index in [1.54, 1.807) is 24.4 Å². The van der Waals surface area contributed by atoms with Gasteiger partial charge in [0, 0.05) is 31.4 Å². The molecule has 1 aromatic carbocycles. The molecule has 13 nitrogen and oxygen atoms in total. The Hall–Kier alpha value is -6.03. The van der Waals surface area contributed by atoms with Crippen molar-refractivity contribution in [2.45, 2.75) is 43.4 Å². The summed E-state index contributed by atoms with van der Waals surface area (Å²) in [5.41, 5.74) is -1.65. The molecule has 1 saturated carbocycles. The third-order valence-corrected chi connectivity index (χ3v) is 8.81. The molecule has 1 atom stereocenters. The van der Waals surface area contributed by atoms with E-state index in [1.165, 1.54) is 16.9 Å². The van der Waals surface area contributed by atoms with Crippen molar-refractivity contribution < 1.29 is 37.1 Å². The van der Waals surface area contributed by atoms with Gasteiger partial charge in [-0.3, -0.25) is 38.9 Å². The average Bonchev–Trinajstić information content (AvgIpc) is 3.64. The predicted molar refractivity (Wildman–Crippen MR) is 158 cm³/mol. The highest BCUT2D eigenvalue weighted by molar-refractivity contribution is 6.23. The first-order valence-electron chi connectivity index (χ1n) is 14.8. The number of fused-ring (bicyclic) bond motifs is 1. The van der Waals surface area contributed by atoms with Crippen molar-refractivity contribution in [1.82, 2.24) is 25.0 Å². The van der Waals surface area contributed by atoms with Crippen molar-refractivity contribution in [2.24, 2.45) is 5.92 Å². The van der Waals surface area contributed by atoms with Crippen LogP contribution in [0.15, 0.2) is 42.9 Å². The maximum atomic E-state index is 13.3. The molecule has 3 fully saturated rings. The summed E-state index contributed by atoms with van der Waals surface area (Å²) in [6.07, 6.45) is 0.234. The number of carbonyl (C=O) groups excluding carboxylic acids is 5. The van der Waals surface area contributed by atoms with Gasteiger partial charge in [0.15, 0.2) is 5.69 Å². The van der Waals surface area contributed by atoms with E-state index < -0.39 is 58.6 Å². The Morgan fingerprint density at radius 3 is 2.50 bits per heavy atom. The van der Waals surface area contributed by atoms with E-state index in [9.17, 15) is 37.1 Å². The summed E-state index contributed by atoms with van der Waals surface area (Å²) in [6, 6.07) is 5.94. The number of halogens is 3. The molecule has 5 amide bonds. The van der Waals surface area contributed by atoms with Crippen LogP contribution in [0.25, 0.3) is 0 Å². The van der Waals surface area contributed by atoms with Crippen molar-refractivity contribution >= 4 is 40.9 Å². The maximum Gasteiger partial charge on any atom is 0.419 e. The summed E-state index contributed by atoms with van der Waals surface area (Å²) in [5.74, 6) is 3.35. The fourth-order valence-corrected chi connectivity index (χ4v) is 6.01. The molecule has 3 aromatic rings. The van der Waals surface area contributed by atoms with E-state index in [-0.39, 0.29) is 35.6 Å². The number of nitriles is 1. The lowest BCUT2D eigenvalue weighted by Crippen LogP contribution is -2.54. The standard InChI is InChI=1S/C32H23F3N8O5/c33-32(34,35)23-9-19(13-37-24(23)11-36)39-30(48)31(7-8-31)42-16-17(12-38-42)1-2-18-14-41(15-18)20-3-4-21-22(10-20)29(47)43(28(21)46)25-5-6-26(44)40-27(25)45/h3-4,9-10,12-13,16,18,25H,5-8,14-15H2,(H,39,48)(H,40,44,45). The SMILES string of the molecule is N#Cc1ncc(NC(=O)C2(n3cc(C#CC4CN(c5ccc6c(c5)C(=O)N(C5CCC(=O)NC5=O)C6=O)C4)cn3)CC2)cc1C(F)(F)F. The van der Waals surface area contributed by atoms with Crippen LogP contribution in [0.1, 0.15) is 63.2 Å². The van der Waals surface area contributed by atoms with Gasteiger partial charge >= 0.3 is 6.18 Å². The van der Waals surface area contributed by atoms with Crippen molar-refractivity contribution in [3.05, 3.63) is 70.8 Å². The first-order valence-corrected chi connectivity index (χ1v) is 14.8. The monoisotopic (exact) mass is 656 g/mol. The number of alkyl halides is 3. The van der Waals surface area contributed by atoms with Crippen molar-refractivity contribution in [3.63, 3.8) is 0 Å². The van der Waals surface area contributed by atoms with Crippen molar-refractivity contribution in [2.75, 3.05) is 23.3 Å². The molecule has 1 aliphatic carbocycles. The zero-order chi connectivity index (χ0) is 34.0. The minimum atomic E-state index is -4.81. The maximum absolute atomic E-state index is 13.3.